The van der Waals surface area contributed by atoms with Gasteiger partial charge in [-0.05, 0) is 55.0 Å². The van der Waals surface area contributed by atoms with Gasteiger partial charge in [0.2, 0.25) is 5.91 Å². The van der Waals surface area contributed by atoms with Gasteiger partial charge in [0.15, 0.2) is 0 Å². The number of hydrogen-bond donors (Lipinski definition) is 1. The fourth-order valence-corrected chi connectivity index (χ4v) is 6.39. The Morgan fingerprint density at radius 1 is 1.00 bits per heavy atom. The van der Waals surface area contributed by atoms with Crippen molar-refractivity contribution < 1.29 is 14.3 Å². The summed E-state index contributed by atoms with van der Waals surface area (Å²) in [6.45, 7) is 6.37. The predicted molar refractivity (Wildman–Crippen MR) is 145 cm³/mol. The molecule has 0 saturated heterocycles. The molecule has 1 heterocycles. The van der Waals surface area contributed by atoms with Gasteiger partial charge in [0, 0.05) is 27.8 Å². The number of amides is 1. The number of hydrogen-bond acceptors (Lipinski definition) is 3. The van der Waals surface area contributed by atoms with Crippen LogP contribution in [0.1, 0.15) is 21.6 Å². The number of benzene rings is 3. The third-order valence-corrected chi connectivity index (χ3v) is 9.67. The van der Waals surface area contributed by atoms with Gasteiger partial charge in [0.25, 0.3) is 5.91 Å². The van der Waals surface area contributed by atoms with Gasteiger partial charge in [-0.15, -0.1) is 0 Å². The number of carbonyl (C=O) groups excluding carboxylic acids is 2. The minimum atomic E-state index is -1.82. The SMILES string of the molecule is COc1ccc2c(c1)c(CC(=O)NC[Si](C)(C)c1ccccc1)c(C)n2C(=O)c1ccc(Cl)cc1. The van der Waals surface area contributed by atoms with E-state index in [1.165, 1.54) is 5.19 Å². The summed E-state index contributed by atoms with van der Waals surface area (Å²) in [5.41, 5.74) is 2.82. The number of halogens is 1. The molecule has 180 valence electrons. The lowest BCUT2D eigenvalue weighted by atomic mass is 10.1. The molecule has 0 aliphatic rings. The molecule has 0 aliphatic carbocycles. The van der Waals surface area contributed by atoms with Crippen molar-refractivity contribution >= 4 is 47.6 Å². The van der Waals surface area contributed by atoms with Gasteiger partial charge in [0.05, 0.1) is 19.0 Å². The van der Waals surface area contributed by atoms with Gasteiger partial charge < -0.3 is 10.1 Å². The molecule has 0 spiro atoms. The second-order valence-electron chi connectivity index (χ2n) is 9.30. The van der Waals surface area contributed by atoms with E-state index in [1.54, 1.807) is 35.9 Å². The van der Waals surface area contributed by atoms with E-state index < -0.39 is 8.07 Å². The molecule has 0 aliphatic heterocycles. The fraction of sp³-hybridized carbons (Fsp3) is 0.214. The highest BCUT2D eigenvalue weighted by Gasteiger charge is 2.26. The first-order valence-corrected chi connectivity index (χ1v) is 15.1. The van der Waals surface area contributed by atoms with Crippen molar-refractivity contribution in [2.75, 3.05) is 13.3 Å². The summed E-state index contributed by atoms with van der Waals surface area (Å²) in [6, 6.07) is 22.7. The second kappa shape index (κ2) is 10.1. The number of nitrogens with zero attached hydrogens (tertiary/aromatic N) is 1. The molecule has 35 heavy (non-hydrogen) atoms. The van der Waals surface area contributed by atoms with Crippen LogP contribution in [0.5, 0.6) is 5.75 Å². The van der Waals surface area contributed by atoms with Crippen LogP contribution >= 0.6 is 11.6 Å². The van der Waals surface area contributed by atoms with Crippen LogP contribution in [-0.4, -0.2) is 37.7 Å². The lowest BCUT2D eigenvalue weighted by molar-refractivity contribution is -0.120. The highest BCUT2D eigenvalue weighted by Crippen LogP contribution is 2.31. The quantitative estimate of drug-likeness (QED) is 0.356. The van der Waals surface area contributed by atoms with Gasteiger partial charge in [-0.25, -0.2) is 0 Å². The van der Waals surface area contributed by atoms with Crippen LogP contribution in [0.3, 0.4) is 0 Å². The molecule has 0 bridgehead atoms. The zero-order valence-electron chi connectivity index (χ0n) is 20.4. The summed E-state index contributed by atoms with van der Waals surface area (Å²) in [4.78, 5) is 26.6. The van der Waals surface area contributed by atoms with Crippen molar-refractivity contribution in [2.45, 2.75) is 26.4 Å². The monoisotopic (exact) mass is 504 g/mol. The number of carbonyl (C=O) groups is 2. The molecule has 7 heteroatoms. The van der Waals surface area contributed by atoms with E-state index >= 15 is 0 Å². The summed E-state index contributed by atoms with van der Waals surface area (Å²) in [5, 5.41) is 5.85. The third-order valence-electron chi connectivity index (χ3n) is 6.46. The van der Waals surface area contributed by atoms with Crippen LogP contribution < -0.4 is 15.2 Å². The van der Waals surface area contributed by atoms with E-state index in [4.69, 9.17) is 16.3 Å². The Bertz CT molecular complexity index is 1380. The van der Waals surface area contributed by atoms with E-state index in [-0.39, 0.29) is 18.2 Å². The van der Waals surface area contributed by atoms with Crippen molar-refractivity contribution in [2.24, 2.45) is 0 Å². The standard InChI is InChI=1S/C28H29ClN2O3Si/c1-19-24(17-27(32)30-18-35(3,4)23-8-6-5-7-9-23)25-16-22(34-2)14-15-26(25)31(19)28(33)20-10-12-21(29)13-11-20/h5-16H,17-18H2,1-4H3,(H,30,32). The summed E-state index contributed by atoms with van der Waals surface area (Å²) in [7, 11) is -0.221. The van der Waals surface area contributed by atoms with Crippen LogP contribution in [0.25, 0.3) is 10.9 Å². The molecule has 1 aromatic heterocycles. The highest BCUT2D eigenvalue weighted by molar-refractivity contribution is 6.90. The molecule has 1 amide bonds. The average molecular weight is 505 g/mol. The first-order chi connectivity index (χ1) is 16.7. The predicted octanol–water partition coefficient (Wildman–Crippen LogP) is 5.11. The minimum Gasteiger partial charge on any atom is -0.497 e. The van der Waals surface area contributed by atoms with E-state index in [9.17, 15) is 9.59 Å². The normalized spacial score (nSPS) is 11.5. The van der Waals surface area contributed by atoms with Gasteiger partial charge in [-0.1, -0.05) is 60.2 Å². The van der Waals surface area contributed by atoms with E-state index in [0.29, 0.717) is 22.5 Å². The zero-order valence-corrected chi connectivity index (χ0v) is 22.1. The van der Waals surface area contributed by atoms with Crippen molar-refractivity contribution in [1.29, 1.82) is 0 Å². The number of methoxy groups -OCH3 is 1. The molecule has 3 aromatic carbocycles. The summed E-state index contributed by atoms with van der Waals surface area (Å²) < 4.78 is 7.10. The van der Waals surface area contributed by atoms with Crippen LogP contribution in [0.15, 0.2) is 72.8 Å². The van der Waals surface area contributed by atoms with E-state index in [2.05, 4.69) is 30.5 Å². The molecule has 0 unspecified atom stereocenters. The molecule has 5 nitrogen and oxygen atoms in total. The van der Waals surface area contributed by atoms with Crippen molar-refractivity contribution in [3.63, 3.8) is 0 Å². The molecular weight excluding hydrogens is 476 g/mol. The first kappa shape index (κ1) is 24.8. The van der Waals surface area contributed by atoms with Crippen molar-refractivity contribution in [1.82, 2.24) is 9.88 Å². The van der Waals surface area contributed by atoms with Gasteiger partial charge in [-0.3, -0.25) is 14.2 Å². The number of aromatic nitrogens is 1. The number of fused-ring (bicyclic) bond motifs is 1. The van der Waals surface area contributed by atoms with Crippen LogP contribution in [0, 0.1) is 6.92 Å². The Morgan fingerprint density at radius 2 is 1.69 bits per heavy atom. The maximum Gasteiger partial charge on any atom is 0.262 e. The minimum absolute atomic E-state index is 0.0644. The van der Waals surface area contributed by atoms with Crippen LogP contribution in [0.4, 0.5) is 0 Å². The maximum atomic E-state index is 13.5. The average Bonchev–Trinajstić information content (AvgIpc) is 3.13. The largest absolute Gasteiger partial charge is 0.497 e. The first-order valence-electron chi connectivity index (χ1n) is 11.5. The summed E-state index contributed by atoms with van der Waals surface area (Å²) in [6.07, 6.45) is 0.816. The number of rotatable bonds is 7. The van der Waals surface area contributed by atoms with Crippen LogP contribution in [-0.2, 0) is 11.2 Å². The van der Waals surface area contributed by atoms with Crippen LogP contribution in [0.2, 0.25) is 18.1 Å². The molecule has 0 fully saturated rings. The maximum absolute atomic E-state index is 13.5. The molecular formula is C28H29ClN2O3Si. The number of nitrogens with one attached hydrogen (secondary N) is 1. The van der Waals surface area contributed by atoms with Crippen molar-refractivity contribution in [3.8, 4) is 5.75 Å². The zero-order chi connectivity index (χ0) is 25.2. The Labute approximate surface area is 211 Å². The van der Waals surface area contributed by atoms with Crippen molar-refractivity contribution in [3.05, 3.63) is 94.6 Å². The molecule has 1 N–H and O–H groups in total. The summed E-state index contributed by atoms with van der Waals surface area (Å²) >= 11 is 6.01. The second-order valence-corrected chi connectivity index (χ2v) is 14.4. The fourth-order valence-electron chi connectivity index (χ4n) is 4.33. The molecule has 0 saturated carbocycles. The molecule has 4 rings (SSSR count). The topological polar surface area (TPSA) is 60.3 Å². The molecule has 4 aromatic rings. The summed E-state index contributed by atoms with van der Waals surface area (Å²) in [5.74, 6) is 0.442. The van der Waals surface area contributed by atoms with Gasteiger partial charge in [-0.2, -0.15) is 0 Å². The van der Waals surface area contributed by atoms with E-state index in [1.807, 2.05) is 43.3 Å². The smallest absolute Gasteiger partial charge is 0.262 e. The molecule has 0 radical (unpaired) electrons. The lowest BCUT2D eigenvalue weighted by Crippen LogP contribution is -2.52. The lowest BCUT2D eigenvalue weighted by Gasteiger charge is -2.23. The Hall–Kier alpha value is -3.35. The highest BCUT2D eigenvalue weighted by atomic mass is 35.5. The molecule has 0 atom stereocenters. The Morgan fingerprint density at radius 3 is 2.34 bits per heavy atom. The Balaban J connectivity index is 1.65. The van der Waals surface area contributed by atoms with Gasteiger partial charge >= 0.3 is 0 Å². The Kier molecular flexibility index (Phi) is 7.14. The van der Waals surface area contributed by atoms with E-state index in [0.717, 1.165) is 22.2 Å². The van der Waals surface area contributed by atoms with Gasteiger partial charge in [0.1, 0.15) is 13.8 Å². The third kappa shape index (κ3) is 5.18. The number of ether oxygens (including phenoxy) is 1.